The molecule has 0 unspecified atom stereocenters. The quantitative estimate of drug-likeness (QED) is 0.909. The summed E-state index contributed by atoms with van der Waals surface area (Å²) >= 11 is 12.0. The molecule has 19 heavy (non-hydrogen) atoms. The molecule has 0 saturated carbocycles. The summed E-state index contributed by atoms with van der Waals surface area (Å²) in [5, 5.41) is 4.88. The smallest absolute Gasteiger partial charge is 0.0595 e. The Hall–Kier alpha value is -0.280. The van der Waals surface area contributed by atoms with Gasteiger partial charge in [0.2, 0.25) is 0 Å². The Bertz CT molecular complexity index is 423. The monoisotopic (exact) mass is 301 g/mol. The van der Waals surface area contributed by atoms with Gasteiger partial charge < -0.3 is 10.1 Å². The molecule has 2 rings (SSSR count). The number of ether oxygens (including phenoxy) is 1. The summed E-state index contributed by atoms with van der Waals surface area (Å²) in [5.41, 5.74) is 1.22. The van der Waals surface area contributed by atoms with Gasteiger partial charge in [0.25, 0.3) is 0 Å². The predicted molar refractivity (Wildman–Crippen MR) is 81.2 cm³/mol. The van der Waals surface area contributed by atoms with Crippen LogP contribution in [-0.4, -0.2) is 25.3 Å². The van der Waals surface area contributed by atoms with Gasteiger partial charge >= 0.3 is 0 Å². The summed E-state index contributed by atoms with van der Waals surface area (Å²) < 4.78 is 5.62. The van der Waals surface area contributed by atoms with Gasteiger partial charge in [-0.1, -0.05) is 43.1 Å². The highest BCUT2D eigenvalue weighted by Gasteiger charge is 2.26. The van der Waals surface area contributed by atoms with Crippen LogP contribution in [0.25, 0.3) is 0 Å². The molecule has 4 heteroatoms. The first-order valence-electron chi connectivity index (χ1n) is 6.84. The second-order valence-corrected chi connectivity index (χ2v) is 6.32. The van der Waals surface area contributed by atoms with Crippen LogP contribution in [0.4, 0.5) is 0 Å². The second-order valence-electron chi connectivity index (χ2n) is 5.50. The van der Waals surface area contributed by atoms with Gasteiger partial charge in [-0.25, -0.2) is 0 Å². The fourth-order valence-electron chi connectivity index (χ4n) is 2.61. The molecule has 0 radical (unpaired) electrons. The molecule has 1 fully saturated rings. The fourth-order valence-corrected chi connectivity index (χ4v) is 2.94. The Morgan fingerprint density at radius 3 is 2.79 bits per heavy atom. The molecular weight excluding hydrogens is 281 g/mol. The highest BCUT2D eigenvalue weighted by Crippen LogP contribution is 2.26. The first-order valence-corrected chi connectivity index (χ1v) is 7.59. The van der Waals surface area contributed by atoms with Crippen molar-refractivity contribution in [3.63, 3.8) is 0 Å². The molecule has 0 amide bonds. The van der Waals surface area contributed by atoms with Crippen LogP contribution in [0.3, 0.4) is 0 Å². The zero-order valence-electron chi connectivity index (χ0n) is 11.5. The van der Waals surface area contributed by atoms with Gasteiger partial charge in [-0.05, 0) is 30.5 Å². The Morgan fingerprint density at radius 1 is 1.32 bits per heavy atom. The molecule has 1 aromatic rings. The van der Waals surface area contributed by atoms with Crippen LogP contribution in [0.2, 0.25) is 10.0 Å². The molecule has 1 saturated heterocycles. The van der Waals surface area contributed by atoms with Gasteiger partial charge in [0.05, 0.1) is 16.7 Å². The molecule has 1 aliphatic heterocycles. The van der Waals surface area contributed by atoms with Crippen LogP contribution < -0.4 is 5.32 Å². The van der Waals surface area contributed by atoms with Crippen LogP contribution in [0.5, 0.6) is 0 Å². The van der Waals surface area contributed by atoms with Crippen molar-refractivity contribution in [1.29, 1.82) is 0 Å². The SMILES string of the molecule is CC(C)N[C@@H]1CCOC[C@@H]1Cc1ccc(Cl)c(Cl)c1. The van der Waals surface area contributed by atoms with Crippen molar-refractivity contribution in [2.45, 2.75) is 38.8 Å². The van der Waals surface area contributed by atoms with E-state index >= 15 is 0 Å². The van der Waals surface area contributed by atoms with Crippen LogP contribution in [0.1, 0.15) is 25.8 Å². The van der Waals surface area contributed by atoms with Crippen molar-refractivity contribution in [2.24, 2.45) is 5.92 Å². The lowest BCUT2D eigenvalue weighted by atomic mass is 9.89. The van der Waals surface area contributed by atoms with Crippen molar-refractivity contribution in [1.82, 2.24) is 5.32 Å². The van der Waals surface area contributed by atoms with E-state index in [1.807, 2.05) is 12.1 Å². The number of hydrogen-bond acceptors (Lipinski definition) is 2. The molecule has 0 spiro atoms. The second kappa shape index (κ2) is 6.94. The zero-order valence-corrected chi connectivity index (χ0v) is 13.0. The Balaban J connectivity index is 2.04. The average Bonchev–Trinajstić information content (AvgIpc) is 2.36. The maximum atomic E-state index is 6.07. The molecule has 2 atom stereocenters. The van der Waals surface area contributed by atoms with Crippen molar-refractivity contribution < 1.29 is 4.74 Å². The third kappa shape index (κ3) is 4.35. The van der Waals surface area contributed by atoms with E-state index in [0.29, 0.717) is 28.0 Å². The van der Waals surface area contributed by atoms with Gasteiger partial charge in [0.15, 0.2) is 0 Å². The summed E-state index contributed by atoms with van der Waals surface area (Å²) in [4.78, 5) is 0. The summed E-state index contributed by atoms with van der Waals surface area (Å²) in [6.45, 7) is 6.03. The van der Waals surface area contributed by atoms with E-state index in [4.69, 9.17) is 27.9 Å². The lowest BCUT2D eigenvalue weighted by molar-refractivity contribution is 0.0300. The number of benzene rings is 1. The molecule has 1 N–H and O–H groups in total. The highest BCUT2D eigenvalue weighted by atomic mass is 35.5. The molecule has 106 valence electrons. The summed E-state index contributed by atoms with van der Waals surface area (Å²) in [5.74, 6) is 0.494. The molecule has 1 aliphatic rings. The van der Waals surface area contributed by atoms with Gasteiger partial charge in [0.1, 0.15) is 0 Å². The third-order valence-corrected chi connectivity index (χ3v) is 4.24. The van der Waals surface area contributed by atoms with E-state index in [9.17, 15) is 0 Å². The standard InChI is InChI=1S/C15H21Cl2NO/c1-10(2)18-15-5-6-19-9-12(15)7-11-3-4-13(16)14(17)8-11/h3-4,8,10,12,15,18H,5-7,9H2,1-2H3/t12-,15+/m0/s1. The van der Waals surface area contributed by atoms with Gasteiger partial charge in [0, 0.05) is 24.6 Å². The number of rotatable bonds is 4. The lowest BCUT2D eigenvalue weighted by Crippen LogP contribution is -2.46. The fraction of sp³-hybridized carbons (Fsp3) is 0.600. The van der Waals surface area contributed by atoms with E-state index in [-0.39, 0.29) is 0 Å². The minimum atomic E-state index is 0.494. The number of nitrogens with one attached hydrogen (secondary N) is 1. The number of halogens is 2. The largest absolute Gasteiger partial charge is 0.381 e. The van der Waals surface area contributed by atoms with Crippen molar-refractivity contribution in [2.75, 3.05) is 13.2 Å². The topological polar surface area (TPSA) is 21.3 Å². The van der Waals surface area contributed by atoms with E-state index in [1.54, 1.807) is 0 Å². The minimum Gasteiger partial charge on any atom is -0.381 e. The van der Waals surface area contributed by atoms with Crippen LogP contribution >= 0.6 is 23.2 Å². The molecule has 2 nitrogen and oxygen atoms in total. The Morgan fingerprint density at radius 2 is 2.11 bits per heavy atom. The third-order valence-electron chi connectivity index (χ3n) is 3.50. The van der Waals surface area contributed by atoms with Crippen LogP contribution in [-0.2, 0) is 11.2 Å². The molecular formula is C15H21Cl2NO. The normalized spacial score (nSPS) is 23.8. The first kappa shape index (κ1) is 15.1. The minimum absolute atomic E-state index is 0.494. The molecule has 0 aliphatic carbocycles. The molecule has 0 aromatic heterocycles. The van der Waals surface area contributed by atoms with Gasteiger partial charge in [-0.3, -0.25) is 0 Å². The van der Waals surface area contributed by atoms with Gasteiger partial charge in [-0.2, -0.15) is 0 Å². The van der Waals surface area contributed by atoms with E-state index in [1.165, 1.54) is 5.56 Å². The summed E-state index contributed by atoms with van der Waals surface area (Å²) in [6.07, 6.45) is 2.05. The first-order chi connectivity index (χ1) is 9.06. The zero-order chi connectivity index (χ0) is 13.8. The summed E-state index contributed by atoms with van der Waals surface area (Å²) in [7, 11) is 0. The average molecular weight is 302 g/mol. The van der Waals surface area contributed by atoms with Crippen LogP contribution in [0.15, 0.2) is 18.2 Å². The molecule has 0 bridgehead atoms. The lowest BCUT2D eigenvalue weighted by Gasteiger charge is -2.34. The Labute approximate surface area is 125 Å². The van der Waals surface area contributed by atoms with Gasteiger partial charge in [-0.15, -0.1) is 0 Å². The number of hydrogen-bond donors (Lipinski definition) is 1. The molecule has 1 aromatic carbocycles. The Kier molecular flexibility index (Phi) is 5.52. The highest BCUT2D eigenvalue weighted by molar-refractivity contribution is 6.42. The molecule has 1 heterocycles. The summed E-state index contributed by atoms with van der Waals surface area (Å²) in [6, 6.07) is 6.90. The van der Waals surface area contributed by atoms with Crippen LogP contribution in [0, 0.1) is 5.92 Å². The van der Waals surface area contributed by atoms with E-state index in [0.717, 1.165) is 26.1 Å². The van der Waals surface area contributed by atoms with E-state index in [2.05, 4.69) is 25.2 Å². The van der Waals surface area contributed by atoms with Crippen molar-refractivity contribution in [3.8, 4) is 0 Å². The van der Waals surface area contributed by atoms with E-state index < -0.39 is 0 Å². The maximum Gasteiger partial charge on any atom is 0.0595 e. The predicted octanol–water partition coefficient (Wildman–Crippen LogP) is 3.94. The van der Waals surface area contributed by atoms with Crippen molar-refractivity contribution >= 4 is 23.2 Å². The van der Waals surface area contributed by atoms with Crippen molar-refractivity contribution in [3.05, 3.63) is 33.8 Å². The maximum absolute atomic E-state index is 6.07.